The lowest BCUT2D eigenvalue weighted by Crippen LogP contribution is -2.42. The van der Waals surface area contributed by atoms with Gasteiger partial charge < -0.3 is 19.9 Å². The van der Waals surface area contributed by atoms with Crippen molar-refractivity contribution in [1.29, 1.82) is 0 Å². The number of aromatic nitrogens is 1. The van der Waals surface area contributed by atoms with Crippen molar-refractivity contribution in [3.05, 3.63) is 47.7 Å². The van der Waals surface area contributed by atoms with E-state index >= 15 is 0 Å². The highest BCUT2D eigenvalue weighted by Gasteiger charge is 2.21. The number of aryl methyl sites for hydroxylation is 1. The number of carbonyl (C=O) groups excluding carboxylic acids is 1. The molecule has 134 valence electrons. The second-order valence-electron chi connectivity index (χ2n) is 6.06. The second kappa shape index (κ2) is 8.75. The maximum absolute atomic E-state index is 12.7. The van der Waals surface area contributed by atoms with Crippen LogP contribution in [0.4, 0.5) is 5.82 Å². The summed E-state index contributed by atoms with van der Waals surface area (Å²) in [5.41, 5.74) is 0.919. The zero-order valence-corrected chi connectivity index (χ0v) is 14.4. The summed E-state index contributed by atoms with van der Waals surface area (Å²) in [7, 11) is 0. The van der Waals surface area contributed by atoms with E-state index in [2.05, 4.69) is 20.7 Å². The van der Waals surface area contributed by atoms with E-state index < -0.39 is 6.04 Å². The van der Waals surface area contributed by atoms with E-state index in [-0.39, 0.29) is 5.91 Å². The Bertz CT molecular complexity index is 668. The molecule has 7 heteroatoms. The summed E-state index contributed by atoms with van der Waals surface area (Å²) in [5.74, 6) is 0.937. The van der Waals surface area contributed by atoms with Crippen LogP contribution in [0.25, 0.3) is 0 Å². The number of ether oxygens (including phenoxy) is 1. The first-order valence-corrected chi connectivity index (χ1v) is 8.55. The van der Waals surface area contributed by atoms with E-state index in [4.69, 9.17) is 9.26 Å². The van der Waals surface area contributed by atoms with Crippen LogP contribution in [-0.4, -0.2) is 55.4 Å². The molecule has 2 N–H and O–H groups in total. The summed E-state index contributed by atoms with van der Waals surface area (Å²) in [6.07, 6.45) is 0. The third kappa shape index (κ3) is 5.12. The number of nitrogens with one attached hydrogen (secondary N) is 2. The van der Waals surface area contributed by atoms with Gasteiger partial charge in [0, 0.05) is 32.2 Å². The van der Waals surface area contributed by atoms with Crippen LogP contribution in [0, 0.1) is 6.92 Å². The molecule has 0 aliphatic carbocycles. The predicted molar refractivity (Wildman–Crippen MR) is 94.3 cm³/mol. The first-order valence-electron chi connectivity index (χ1n) is 8.55. The Labute approximate surface area is 147 Å². The maximum atomic E-state index is 12.7. The first kappa shape index (κ1) is 17.6. The van der Waals surface area contributed by atoms with E-state index in [1.54, 1.807) is 13.0 Å². The highest BCUT2D eigenvalue weighted by atomic mass is 16.5. The van der Waals surface area contributed by atoms with E-state index in [0.717, 1.165) is 38.4 Å². The van der Waals surface area contributed by atoms with Gasteiger partial charge in [0.05, 0.1) is 13.2 Å². The average Bonchev–Trinajstić information content (AvgIpc) is 3.05. The molecule has 1 aliphatic rings. The fourth-order valence-corrected chi connectivity index (χ4v) is 2.82. The van der Waals surface area contributed by atoms with Crippen LogP contribution in [0.2, 0.25) is 0 Å². The molecule has 0 radical (unpaired) electrons. The Morgan fingerprint density at radius 3 is 2.72 bits per heavy atom. The zero-order valence-electron chi connectivity index (χ0n) is 14.4. The van der Waals surface area contributed by atoms with Crippen molar-refractivity contribution < 1.29 is 14.1 Å². The zero-order chi connectivity index (χ0) is 17.5. The number of nitrogens with zero attached hydrogens (tertiary/aromatic N) is 2. The third-order valence-electron chi connectivity index (χ3n) is 4.15. The van der Waals surface area contributed by atoms with E-state index in [9.17, 15) is 4.79 Å². The molecular weight excluding hydrogens is 320 g/mol. The number of anilines is 1. The summed E-state index contributed by atoms with van der Waals surface area (Å²) < 4.78 is 10.4. The number of hydrogen-bond donors (Lipinski definition) is 2. The number of morpholine rings is 1. The Kier molecular flexibility index (Phi) is 6.16. The van der Waals surface area contributed by atoms with E-state index in [0.29, 0.717) is 18.1 Å². The summed E-state index contributed by atoms with van der Waals surface area (Å²) >= 11 is 0. The van der Waals surface area contributed by atoms with Gasteiger partial charge in [0.1, 0.15) is 11.8 Å². The Hall–Kier alpha value is -2.22. The average molecular weight is 344 g/mol. The number of rotatable bonds is 7. The van der Waals surface area contributed by atoms with Crippen LogP contribution in [0.1, 0.15) is 17.4 Å². The third-order valence-corrected chi connectivity index (χ3v) is 4.15. The normalized spacial score (nSPS) is 16.5. The SMILES string of the molecule is Cc1cc(NC(=O)C(NCCN2CCOCC2)c2ccccc2)no1. The molecule has 3 rings (SSSR count). The molecule has 1 fully saturated rings. The van der Waals surface area contributed by atoms with Crippen molar-refractivity contribution in [3.8, 4) is 0 Å². The van der Waals surface area contributed by atoms with Gasteiger partial charge in [-0.15, -0.1) is 0 Å². The molecule has 1 amide bonds. The number of benzene rings is 1. The highest BCUT2D eigenvalue weighted by Crippen LogP contribution is 2.16. The first-order chi connectivity index (χ1) is 12.2. The van der Waals surface area contributed by atoms with Crippen LogP contribution in [0.3, 0.4) is 0 Å². The van der Waals surface area contributed by atoms with Crippen LogP contribution >= 0.6 is 0 Å². The highest BCUT2D eigenvalue weighted by molar-refractivity contribution is 5.94. The van der Waals surface area contributed by atoms with Crippen LogP contribution in [0.15, 0.2) is 40.9 Å². The largest absolute Gasteiger partial charge is 0.379 e. The van der Waals surface area contributed by atoms with E-state index in [1.807, 2.05) is 30.3 Å². The van der Waals surface area contributed by atoms with Crippen molar-refractivity contribution in [2.75, 3.05) is 44.7 Å². The van der Waals surface area contributed by atoms with Gasteiger partial charge in [-0.25, -0.2) is 0 Å². The molecule has 1 aromatic heterocycles. The second-order valence-corrected chi connectivity index (χ2v) is 6.06. The summed E-state index contributed by atoms with van der Waals surface area (Å²) in [6, 6.07) is 10.9. The van der Waals surface area contributed by atoms with Crippen LogP contribution < -0.4 is 10.6 Å². The smallest absolute Gasteiger partial charge is 0.247 e. The minimum absolute atomic E-state index is 0.151. The standard InChI is InChI=1S/C18H24N4O3/c1-14-13-16(21-25-14)20-18(23)17(15-5-3-2-4-6-15)19-7-8-22-9-11-24-12-10-22/h2-6,13,17,19H,7-12H2,1H3,(H,20,21,23). The minimum Gasteiger partial charge on any atom is -0.379 e. The van der Waals surface area contributed by atoms with Crippen molar-refractivity contribution in [3.63, 3.8) is 0 Å². The lowest BCUT2D eigenvalue weighted by Gasteiger charge is -2.27. The molecule has 0 saturated carbocycles. The maximum Gasteiger partial charge on any atom is 0.247 e. The molecule has 2 aromatic rings. The van der Waals surface area contributed by atoms with Gasteiger partial charge in [0.15, 0.2) is 5.82 Å². The fourth-order valence-electron chi connectivity index (χ4n) is 2.82. The van der Waals surface area contributed by atoms with Crippen molar-refractivity contribution >= 4 is 11.7 Å². The molecular formula is C18H24N4O3. The molecule has 1 saturated heterocycles. The molecule has 1 aromatic carbocycles. The lowest BCUT2D eigenvalue weighted by atomic mass is 10.1. The molecule has 0 spiro atoms. The molecule has 1 atom stereocenters. The Balaban J connectivity index is 1.61. The fraction of sp³-hybridized carbons (Fsp3) is 0.444. The van der Waals surface area contributed by atoms with Gasteiger partial charge >= 0.3 is 0 Å². The minimum atomic E-state index is -0.445. The van der Waals surface area contributed by atoms with Gasteiger partial charge in [-0.05, 0) is 12.5 Å². The number of amides is 1. The number of hydrogen-bond acceptors (Lipinski definition) is 6. The molecule has 1 aliphatic heterocycles. The molecule has 0 bridgehead atoms. The Morgan fingerprint density at radius 2 is 2.04 bits per heavy atom. The van der Waals surface area contributed by atoms with Crippen molar-refractivity contribution in [2.24, 2.45) is 0 Å². The van der Waals surface area contributed by atoms with Gasteiger partial charge in [-0.2, -0.15) is 0 Å². The van der Waals surface area contributed by atoms with Crippen LogP contribution in [-0.2, 0) is 9.53 Å². The topological polar surface area (TPSA) is 79.6 Å². The van der Waals surface area contributed by atoms with Crippen molar-refractivity contribution in [1.82, 2.24) is 15.4 Å². The van der Waals surface area contributed by atoms with Crippen LogP contribution in [0.5, 0.6) is 0 Å². The van der Waals surface area contributed by atoms with Gasteiger partial charge in [0.25, 0.3) is 0 Å². The van der Waals surface area contributed by atoms with E-state index in [1.165, 1.54) is 0 Å². The molecule has 1 unspecified atom stereocenters. The monoisotopic (exact) mass is 344 g/mol. The van der Waals surface area contributed by atoms with Gasteiger partial charge in [-0.1, -0.05) is 35.5 Å². The predicted octanol–water partition coefficient (Wildman–Crippen LogP) is 1.58. The van der Waals surface area contributed by atoms with Gasteiger partial charge in [0.2, 0.25) is 5.91 Å². The summed E-state index contributed by atoms with van der Waals surface area (Å²) in [6.45, 7) is 6.79. The number of carbonyl (C=O) groups is 1. The molecule has 2 heterocycles. The molecule has 25 heavy (non-hydrogen) atoms. The molecule has 7 nitrogen and oxygen atoms in total. The van der Waals surface area contributed by atoms with Gasteiger partial charge in [-0.3, -0.25) is 9.69 Å². The quantitative estimate of drug-likeness (QED) is 0.794. The Morgan fingerprint density at radius 1 is 1.28 bits per heavy atom. The van der Waals surface area contributed by atoms with Crippen molar-refractivity contribution in [2.45, 2.75) is 13.0 Å². The summed E-state index contributed by atoms with van der Waals surface area (Å²) in [4.78, 5) is 15.0. The lowest BCUT2D eigenvalue weighted by molar-refractivity contribution is -0.118. The summed E-state index contributed by atoms with van der Waals surface area (Å²) in [5, 5.41) is 10.00.